The van der Waals surface area contributed by atoms with Crippen molar-refractivity contribution in [2.45, 2.75) is 0 Å². The summed E-state index contributed by atoms with van der Waals surface area (Å²) in [6.07, 6.45) is 0. The summed E-state index contributed by atoms with van der Waals surface area (Å²) in [4.78, 5) is 0. The van der Waals surface area contributed by atoms with Gasteiger partial charge >= 0.3 is 0 Å². The predicted molar refractivity (Wildman–Crippen MR) is 75.0 cm³/mol. The maximum atomic E-state index is 8.97. The summed E-state index contributed by atoms with van der Waals surface area (Å²) < 4.78 is 10.9. The molecule has 0 bridgehead atoms. The van der Waals surface area contributed by atoms with Crippen molar-refractivity contribution in [2.75, 3.05) is 13.2 Å². The smallest absolute Gasteiger partial charge is 0.128 e. The van der Waals surface area contributed by atoms with Gasteiger partial charge in [0, 0.05) is 0 Å². The van der Waals surface area contributed by atoms with E-state index in [1.54, 1.807) is 36.4 Å². The molecule has 2 aromatic rings. The Kier molecular flexibility index (Phi) is 4.76. The number of rotatable bonds is 5. The Morgan fingerprint density at radius 2 is 1.48 bits per heavy atom. The lowest BCUT2D eigenvalue weighted by Crippen LogP contribution is -2.01. The van der Waals surface area contributed by atoms with Crippen molar-refractivity contribution in [2.24, 2.45) is 0 Å². The van der Waals surface area contributed by atoms with E-state index in [0.717, 1.165) is 0 Å². The molecule has 0 amide bonds. The molecule has 0 radical (unpaired) electrons. The zero-order valence-corrected chi connectivity index (χ0v) is 11.1. The lowest BCUT2D eigenvalue weighted by Gasteiger charge is -2.08. The summed E-state index contributed by atoms with van der Waals surface area (Å²) in [6, 6.07) is 15.5. The Bertz CT molecular complexity index is 697. The van der Waals surface area contributed by atoms with Crippen LogP contribution in [-0.2, 0) is 0 Å². The van der Waals surface area contributed by atoms with Crippen molar-refractivity contribution in [1.29, 1.82) is 10.5 Å². The third kappa shape index (κ3) is 3.73. The van der Waals surface area contributed by atoms with Crippen molar-refractivity contribution in [3.63, 3.8) is 0 Å². The molecular weight excluding hydrogens is 268 g/mol. The standard InChI is InChI=1S/C16H12N2O3/c17-10-12-1-2-16(9-13(12)11-18)21-15-5-3-14(4-6-15)20-8-7-19/h1-6,9,19H,7-8H2. The quantitative estimate of drug-likeness (QED) is 0.909. The fourth-order valence-electron chi connectivity index (χ4n) is 1.68. The van der Waals surface area contributed by atoms with Gasteiger partial charge in [-0.1, -0.05) is 0 Å². The number of hydrogen-bond donors (Lipinski definition) is 1. The first-order valence-electron chi connectivity index (χ1n) is 6.22. The molecule has 0 heterocycles. The van der Waals surface area contributed by atoms with E-state index in [9.17, 15) is 0 Å². The molecule has 0 saturated carbocycles. The lowest BCUT2D eigenvalue weighted by atomic mass is 10.1. The molecule has 0 aromatic heterocycles. The van der Waals surface area contributed by atoms with Crippen LogP contribution in [0.2, 0.25) is 0 Å². The van der Waals surface area contributed by atoms with Gasteiger partial charge in [0.05, 0.1) is 17.7 Å². The van der Waals surface area contributed by atoms with Gasteiger partial charge in [0.1, 0.15) is 36.0 Å². The van der Waals surface area contributed by atoms with Crippen molar-refractivity contribution < 1.29 is 14.6 Å². The summed E-state index contributed by atoms with van der Waals surface area (Å²) in [6.45, 7) is 0.196. The summed E-state index contributed by atoms with van der Waals surface area (Å²) in [5.41, 5.74) is 0.593. The molecule has 1 N–H and O–H groups in total. The second-order valence-corrected chi connectivity index (χ2v) is 4.08. The number of nitriles is 2. The van der Waals surface area contributed by atoms with Gasteiger partial charge < -0.3 is 14.6 Å². The molecule has 0 unspecified atom stereocenters. The van der Waals surface area contributed by atoms with E-state index >= 15 is 0 Å². The highest BCUT2D eigenvalue weighted by Gasteiger charge is 2.05. The van der Waals surface area contributed by atoms with Crippen LogP contribution in [0.15, 0.2) is 42.5 Å². The molecule has 0 spiro atoms. The van der Waals surface area contributed by atoms with Crippen molar-refractivity contribution in [1.82, 2.24) is 0 Å². The number of nitrogens with zero attached hydrogens (tertiary/aromatic N) is 2. The Balaban J connectivity index is 2.12. The molecule has 2 aromatic carbocycles. The van der Waals surface area contributed by atoms with Crippen LogP contribution >= 0.6 is 0 Å². The average Bonchev–Trinajstić information content (AvgIpc) is 2.54. The van der Waals surface area contributed by atoms with E-state index < -0.39 is 0 Å². The highest BCUT2D eigenvalue weighted by atomic mass is 16.5. The van der Waals surface area contributed by atoms with E-state index in [0.29, 0.717) is 22.8 Å². The molecule has 0 aliphatic carbocycles. The minimum absolute atomic E-state index is 0.0412. The van der Waals surface area contributed by atoms with Gasteiger partial charge in [-0.05, 0) is 42.5 Å². The van der Waals surface area contributed by atoms with Crippen LogP contribution in [-0.4, -0.2) is 18.3 Å². The fourth-order valence-corrected chi connectivity index (χ4v) is 1.68. The summed E-state index contributed by atoms with van der Waals surface area (Å²) in [5.74, 6) is 1.70. The number of hydrogen-bond acceptors (Lipinski definition) is 5. The summed E-state index contributed by atoms with van der Waals surface area (Å²) in [5, 5.41) is 26.5. The zero-order chi connectivity index (χ0) is 15.1. The van der Waals surface area contributed by atoms with Gasteiger partial charge in [-0.25, -0.2) is 0 Å². The normalized spacial score (nSPS) is 9.48. The Morgan fingerprint density at radius 3 is 2.10 bits per heavy atom. The zero-order valence-electron chi connectivity index (χ0n) is 11.1. The van der Waals surface area contributed by atoms with Gasteiger partial charge in [-0.15, -0.1) is 0 Å². The van der Waals surface area contributed by atoms with Crippen LogP contribution in [0.25, 0.3) is 0 Å². The van der Waals surface area contributed by atoms with E-state index in [-0.39, 0.29) is 18.8 Å². The first-order valence-corrected chi connectivity index (χ1v) is 6.22. The van der Waals surface area contributed by atoms with E-state index in [1.807, 2.05) is 12.1 Å². The first-order chi connectivity index (χ1) is 10.3. The molecule has 0 aliphatic rings. The molecule has 104 valence electrons. The van der Waals surface area contributed by atoms with Crippen LogP contribution in [0.1, 0.15) is 11.1 Å². The third-order valence-corrected chi connectivity index (χ3v) is 2.65. The minimum atomic E-state index is -0.0412. The highest BCUT2D eigenvalue weighted by Crippen LogP contribution is 2.25. The molecule has 0 saturated heterocycles. The van der Waals surface area contributed by atoms with Gasteiger partial charge in [0.2, 0.25) is 0 Å². The summed E-state index contributed by atoms with van der Waals surface area (Å²) in [7, 11) is 0. The van der Waals surface area contributed by atoms with Crippen molar-refractivity contribution in [3.05, 3.63) is 53.6 Å². The number of aliphatic hydroxyl groups excluding tert-OH is 1. The van der Waals surface area contributed by atoms with E-state index in [2.05, 4.69) is 0 Å². The SMILES string of the molecule is N#Cc1ccc(Oc2ccc(OCCO)cc2)cc1C#N. The second-order valence-electron chi connectivity index (χ2n) is 4.08. The van der Waals surface area contributed by atoms with Crippen LogP contribution in [0.4, 0.5) is 0 Å². The van der Waals surface area contributed by atoms with Gasteiger partial charge in [-0.3, -0.25) is 0 Å². The van der Waals surface area contributed by atoms with Crippen molar-refractivity contribution in [3.8, 4) is 29.4 Å². The fraction of sp³-hybridized carbons (Fsp3) is 0.125. The number of aliphatic hydroxyl groups is 1. The Hall–Kier alpha value is -3.02. The molecule has 5 nitrogen and oxygen atoms in total. The lowest BCUT2D eigenvalue weighted by molar-refractivity contribution is 0.201. The molecule has 0 fully saturated rings. The highest BCUT2D eigenvalue weighted by molar-refractivity contribution is 5.50. The van der Waals surface area contributed by atoms with Crippen LogP contribution in [0.3, 0.4) is 0 Å². The van der Waals surface area contributed by atoms with Gasteiger partial charge in [0.15, 0.2) is 0 Å². The maximum Gasteiger partial charge on any atom is 0.128 e. The molecular formula is C16H12N2O3. The van der Waals surface area contributed by atoms with Gasteiger partial charge in [-0.2, -0.15) is 10.5 Å². The van der Waals surface area contributed by atoms with E-state index in [1.165, 1.54) is 6.07 Å². The van der Waals surface area contributed by atoms with Crippen molar-refractivity contribution >= 4 is 0 Å². The molecule has 21 heavy (non-hydrogen) atoms. The topological polar surface area (TPSA) is 86.3 Å². The molecule has 5 heteroatoms. The Morgan fingerprint density at radius 1 is 0.857 bits per heavy atom. The largest absolute Gasteiger partial charge is 0.491 e. The Labute approximate surface area is 122 Å². The molecule has 0 atom stereocenters. The summed E-state index contributed by atoms with van der Waals surface area (Å²) >= 11 is 0. The first kappa shape index (κ1) is 14.4. The minimum Gasteiger partial charge on any atom is -0.491 e. The van der Waals surface area contributed by atoms with Crippen LogP contribution in [0, 0.1) is 22.7 Å². The monoisotopic (exact) mass is 280 g/mol. The third-order valence-electron chi connectivity index (χ3n) is 2.65. The maximum absolute atomic E-state index is 8.97. The average molecular weight is 280 g/mol. The second kappa shape index (κ2) is 6.95. The van der Waals surface area contributed by atoms with E-state index in [4.69, 9.17) is 25.1 Å². The number of ether oxygens (including phenoxy) is 2. The predicted octanol–water partition coefficient (Wildman–Crippen LogP) is 2.59. The molecule has 2 rings (SSSR count). The van der Waals surface area contributed by atoms with Crippen LogP contribution in [0.5, 0.6) is 17.2 Å². The van der Waals surface area contributed by atoms with Crippen LogP contribution < -0.4 is 9.47 Å². The molecule has 0 aliphatic heterocycles. The number of benzene rings is 2. The van der Waals surface area contributed by atoms with Gasteiger partial charge in [0.25, 0.3) is 0 Å².